The number of fused-ring (bicyclic) bond motifs is 1. The summed E-state index contributed by atoms with van der Waals surface area (Å²) < 4.78 is 28.0. The molecular formula is C17H18F2N4O2. The van der Waals surface area contributed by atoms with Crippen molar-refractivity contribution in [2.75, 3.05) is 13.6 Å². The fourth-order valence-electron chi connectivity index (χ4n) is 2.96. The van der Waals surface area contributed by atoms with E-state index in [1.54, 1.807) is 0 Å². The van der Waals surface area contributed by atoms with Crippen LogP contribution in [0.25, 0.3) is 11.3 Å². The van der Waals surface area contributed by atoms with Gasteiger partial charge >= 0.3 is 6.03 Å². The van der Waals surface area contributed by atoms with Crippen LogP contribution >= 0.6 is 0 Å². The lowest BCUT2D eigenvalue weighted by Gasteiger charge is -2.14. The molecule has 0 spiro atoms. The number of hydrogen-bond donors (Lipinski definition) is 2. The van der Waals surface area contributed by atoms with Crippen LogP contribution in [0.15, 0.2) is 18.2 Å². The first-order valence-corrected chi connectivity index (χ1v) is 8.06. The quantitative estimate of drug-likeness (QED) is 0.891. The average molecular weight is 348 g/mol. The van der Waals surface area contributed by atoms with Crippen LogP contribution in [0.1, 0.15) is 24.1 Å². The van der Waals surface area contributed by atoms with E-state index in [0.29, 0.717) is 24.1 Å². The molecule has 2 amide bonds. The monoisotopic (exact) mass is 348 g/mol. The second-order valence-corrected chi connectivity index (χ2v) is 5.85. The van der Waals surface area contributed by atoms with E-state index in [-0.39, 0.29) is 12.5 Å². The number of nitrogens with zero attached hydrogens (tertiary/aromatic N) is 2. The second-order valence-electron chi connectivity index (χ2n) is 5.85. The number of benzene rings is 1. The molecule has 0 aliphatic heterocycles. The van der Waals surface area contributed by atoms with Gasteiger partial charge in [0.2, 0.25) is 5.91 Å². The number of carbonyl (C=O) groups is 2. The Morgan fingerprint density at radius 1 is 1.20 bits per heavy atom. The number of rotatable bonds is 3. The first-order chi connectivity index (χ1) is 12.0. The standard InChI is InChI=1S/C17H18F2N4O2/c1-20-15(24)9-21-17(25)23-14-5-3-2-4-11(14)16(22-23)10-6-7-12(18)13(19)8-10/h6-8H,2-5,9H2,1H3,(H,20,24)(H,21,25). The van der Waals surface area contributed by atoms with Crippen molar-refractivity contribution in [2.45, 2.75) is 25.7 Å². The maximum atomic E-state index is 13.6. The summed E-state index contributed by atoms with van der Waals surface area (Å²) in [5.41, 5.74) is 2.52. The molecule has 6 nitrogen and oxygen atoms in total. The molecule has 0 saturated carbocycles. The summed E-state index contributed by atoms with van der Waals surface area (Å²) in [6.07, 6.45) is 3.24. The molecule has 1 heterocycles. The Balaban J connectivity index is 1.97. The van der Waals surface area contributed by atoms with E-state index in [0.717, 1.165) is 36.2 Å². The summed E-state index contributed by atoms with van der Waals surface area (Å²) in [7, 11) is 1.48. The highest BCUT2D eigenvalue weighted by molar-refractivity contribution is 5.85. The van der Waals surface area contributed by atoms with Crippen molar-refractivity contribution < 1.29 is 18.4 Å². The van der Waals surface area contributed by atoms with Crippen LogP contribution < -0.4 is 10.6 Å². The summed E-state index contributed by atoms with van der Waals surface area (Å²) in [6, 6.07) is 3.06. The third-order valence-corrected chi connectivity index (χ3v) is 4.24. The zero-order valence-electron chi connectivity index (χ0n) is 13.7. The lowest BCUT2D eigenvalue weighted by molar-refractivity contribution is -0.119. The molecule has 2 aromatic rings. The van der Waals surface area contributed by atoms with Gasteiger partial charge in [0.25, 0.3) is 0 Å². The largest absolute Gasteiger partial charge is 0.358 e. The first-order valence-electron chi connectivity index (χ1n) is 8.06. The number of hydrogen-bond acceptors (Lipinski definition) is 3. The third-order valence-electron chi connectivity index (χ3n) is 4.24. The molecule has 3 rings (SSSR count). The van der Waals surface area contributed by atoms with Gasteiger partial charge in [0.05, 0.1) is 17.9 Å². The topological polar surface area (TPSA) is 76.0 Å². The maximum absolute atomic E-state index is 13.6. The van der Waals surface area contributed by atoms with Gasteiger partial charge in [-0.05, 0) is 43.9 Å². The smallest absolute Gasteiger partial charge is 0.342 e. The van der Waals surface area contributed by atoms with Crippen LogP contribution in [-0.2, 0) is 17.6 Å². The normalized spacial score (nSPS) is 13.2. The Morgan fingerprint density at radius 2 is 1.96 bits per heavy atom. The van der Waals surface area contributed by atoms with Gasteiger partial charge in [0, 0.05) is 18.2 Å². The molecule has 1 aliphatic rings. The van der Waals surface area contributed by atoms with E-state index in [9.17, 15) is 18.4 Å². The zero-order chi connectivity index (χ0) is 18.0. The maximum Gasteiger partial charge on any atom is 0.342 e. The summed E-state index contributed by atoms with van der Waals surface area (Å²) in [5, 5.41) is 9.24. The van der Waals surface area contributed by atoms with Crippen molar-refractivity contribution in [2.24, 2.45) is 0 Å². The molecule has 8 heteroatoms. The van der Waals surface area contributed by atoms with E-state index in [4.69, 9.17) is 0 Å². The molecule has 0 atom stereocenters. The number of nitrogens with one attached hydrogen (secondary N) is 2. The fourth-order valence-corrected chi connectivity index (χ4v) is 2.96. The Labute approximate surface area is 143 Å². The zero-order valence-corrected chi connectivity index (χ0v) is 13.7. The van der Waals surface area contributed by atoms with Gasteiger partial charge in [-0.15, -0.1) is 0 Å². The van der Waals surface area contributed by atoms with Gasteiger partial charge in [-0.2, -0.15) is 9.78 Å². The number of amides is 2. The van der Waals surface area contributed by atoms with Crippen LogP contribution in [-0.4, -0.2) is 35.3 Å². The van der Waals surface area contributed by atoms with Gasteiger partial charge in [-0.25, -0.2) is 13.6 Å². The molecule has 25 heavy (non-hydrogen) atoms. The Kier molecular flexibility index (Phi) is 4.78. The fraction of sp³-hybridized carbons (Fsp3) is 0.353. The van der Waals surface area contributed by atoms with E-state index in [1.807, 2.05) is 0 Å². The number of likely N-dealkylation sites (N-methyl/N-ethyl adjacent to an activating group) is 1. The van der Waals surface area contributed by atoms with E-state index >= 15 is 0 Å². The van der Waals surface area contributed by atoms with Crippen molar-refractivity contribution in [3.05, 3.63) is 41.1 Å². The highest BCUT2D eigenvalue weighted by Crippen LogP contribution is 2.31. The number of carbonyl (C=O) groups excluding carboxylic acids is 2. The highest BCUT2D eigenvalue weighted by Gasteiger charge is 2.25. The number of halogens is 2. The van der Waals surface area contributed by atoms with Gasteiger partial charge < -0.3 is 10.6 Å². The molecule has 2 N–H and O–H groups in total. The van der Waals surface area contributed by atoms with Crippen molar-refractivity contribution in [1.82, 2.24) is 20.4 Å². The lowest BCUT2D eigenvalue weighted by Crippen LogP contribution is -2.38. The second kappa shape index (κ2) is 7.00. The lowest BCUT2D eigenvalue weighted by atomic mass is 9.93. The van der Waals surface area contributed by atoms with Crippen LogP contribution in [0.5, 0.6) is 0 Å². The average Bonchev–Trinajstić information content (AvgIpc) is 3.01. The van der Waals surface area contributed by atoms with Gasteiger partial charge in [0.15, 0.2) is 11.6 Å². The Morgan fingerprint density at radius 3 is 2.68 bits per heavy atom. The molecule has 0 fully saturated rings. The van der Waals surface area contributed by atoms with E-state index < -0.39 is 17.7 Å². The summed E-state index contributed by atoms with van der Waals surface area (Å²) in [6.45, 7) is -0.162. The molecule has 1 aliphatic carbocycles. The minimum atomic E-state index is -0.958. The first kappa shape index (κ1) is 17.1. The van der Waals surface area contributed by atoms with Crippen molar-refractivity contribution in [1.29, 1.82) is 0 Å². The Hall–Kier alpha value is -2.77. The van der Waals surface area contributed by atoms with Gasteiger partial charge in [-0.3, -0.25) is 4.79 Å². The van der Waals surface area contributed by atoms with Crippen LogP contribution in [0.4, 0.5) is 13.6 Å². The molecule has 1 aromatic carbocycles. The molecule has 1 aromatic heterocycles. The van der Waals surface area contributed by atoms with Crippen LogP contribution in [0.2, 0.25) is 0 Å². The molecule has 132 valence electrons. The molecule has 0 radical (unpaired) electrons. The Bertz CT molecular complexity index is 832. The summed E-state index contributed by atoms with van der Waals surface area (Å²) in [4.78, 5) is 23.7. The summed E-state index contributed by atoms with van der Waals surface area (Å²) >= 11 is 0. The molecule has 0 saturated heterocycles. The van der Waals surface area contributed by atoms with Crippen molar-refractivity contribution in [3.63, 3.8) is 0 Å². The minimum absolute atomic E-state index is 0.162. The number of aromatic nitrogens is 2. The molecule has 0 bridgehead atoms. The SMILES string of the molecule is CNC(=O)CNC(=O)n1nc(-c2ccc(F)c(F)c2)c2c1CCCC2. The summed E-state index contributed by atoms with van der Waals surface area (Å²) in [5.74, 6) is -2.21. The van der Waals surface area contributed by atoms with Crippen LogP contribution in [0, 0.1) is 11.6 Å². The molecule has 0 unspecified atom stereocenters. The highest BCUT2D eigenvalue weighted by atomic mass is 19.2. The molecular weight excluding hydrogens is 330 g/mol. The predicted octanol–water partition coefficient (Wildman–Crippen LogP) is 2.01. The minimum Gasteiger partial charge on any atom is -0.358 e. The van der Waals surface area contributed by atoms with Crippen LogP contribution in [0.3, 0.4) is 0 Å². The van der Waals surface area contributed by atoms with E-state index in [2.05, 4.69) is 15.7 Å². The van der Waals surface area contributed by atoms with Gasteiger partial charge in [-0.1, -0.05) is 0 Å². The third kappa shape index (κ3) is 3.38. The van der Waals surface area contributed by atoms with E-state index in [1.165, 1.54) is 17.8 Å². The van der Waals surface area contributed by atoms with Crippen molar-refractivity contribution in [3.8, 4) is 11.3 Å². The van der Waals surface area contributed by atoms with Gasteiger partial charge in [0.1, 0.15) is 0 Å². The van der Waals surface area contributed by atoms with Crippen molar-refractivity contribution >= 4 is 11.9 Å². The predicted molar refractivity (Wildman–Crippen MR) is 87.1 cm³/mol.